The lowest BCUT2D eigenvalue weighted by atomic mass is 10.1. The number of halogens is 2. The Labute approximate surface area is 126 Å². The van der Waals surface area contributed by atoms with Gasteiger partial charge in [0.2, 0.25) is 0 Å². The van der Waals surface area contributed by atoms with Gasteiger partial charge in [-0.1, -0.05) is 35.3 Å². The molecule has 0 bridgehead atoms. The normalized spacial score (nSPS) is 10.2. The second kappa shape index (κ2) is 6.03. The molecule has 6 heteroatoms. The Morgan fingerprint density at radius 1 is 1.15 bits per heavy atom. The Morgan fingerprint density at radius 2 is 1.80 bits per heavy atom. The molecule has 0 aliphatic heterocycles. The van der Waals surface area contributed by atoms with Crippen molar-refractivity contribution in [1.29, 1.82) is 0 Å². The number of nitrogens with two attached hydrogens (primary N) is 1. The van der Waals surface area contributed by atoms with Gasteiger partial charge >= 0.3 is 5.97 Å². The van der Waals surface area contributed by atoms with Crippen molar-refractivity contribution in [3.8, 4) is 0 Å². The lowest BCUT2D eigenvalue weighted by molar-refractivity contribution is 0.0602. The van der Waals surface area contributed by atoms with Crippen LogP contribution in [0.2, 0.25) is 10.0 Å². The summed E-state index contributed by atoms with van der Waals surface area (Å²) in [6.07, 6.45) is 0. The number of hydrogen-bond donors (Lipinski definition) is 2. The molecule has 0 aliphatic rings. The summed E-state index contributed by atoms with van der Waals surface area (Å²) >= 11 is 12.0. The first kappa shape index (κ1) is 14.5. The molecule has 0 aliphatic carbocycles. The summed E-state index contributed by atoms with van der Waals surface area (Å²) in [6, 6.07) is 10.2. The third-order valence-corrected chi connectivity index (χ3v) is 3.55. The molecule has 0 spiro atoms. The monoisotopic (exact) mass is 310 g/mol. The highest BCUT2D eigenvalue weighted by atomic mass is 35.5. The van der Waals surface area contributed by atoms with Crippen molar-refractivity contribution in [2.45, 2.75) is 0 Å². The van der Waals surface area contributed by atoms with E-state index in [-0.39, 0.29) is 11.3 Å². The minimum Gasteiger partial charge on any atom is -0.465 e. The van der Waals surface area contributed by atoms with Gasteiger partial charge in [0.15, 0.2) is 0 Å². The lowest BCUT2D eigenvalue weighted by Crippen LogP contribution is -2.07. The number of hydrogen-bond acceptors (Lipinski definition) is 4. The van der Waals surface area contributed by atoms with Crippen molar-refractivity contribution in [2.75, 3.05) is 18.2 Å². The highest BCUT2D eigenvalue weighted by Crippen LogP contribution is 2.34. The first-order valence-corrected chi connectivity index (χ1v) is 6.48. The second-order valence-corrected chi connectivity index (χ2v) is 4.77. The molecule has 0 fully saturated rings. The first-order valence-electron chi connectivity index (χ1n) is 5.72. The summed E-state index contributed by atoms with van der Waals surface area (Å²) in [6.45, 7) is 0. The Kier molecular flexibility index (Phi) is 4.37. The number of anilines is 3. The van der Waals surface area contributed by atoms with Crippen molar-refractivity contribution >= 4 is 46.2 Å². The number of nitrogen functional groups attached to an aromatic ring is 1. The highest BCUT2D eigenvalue weighted by Gasteiger charge is 2.13. The maximum absolute atomic E-state index is 11.6. The maximum Gasteiger partial charge on any atom is 0.340 e. The van der Waals surface area contributed by atoms with E-state index in [2.05, 4.69) is 10.1 Å². The van der Waals surface area contributed by atoms with Gasteiger partial charge in [0, 0.05) is 0 Å². The molecule has 0 radical (unpaired) electrons. The van der Waals surface area contributed by atoms with Crippen LogP contribution >= 0.6 is 23.2 Å². The number of ether oxygens (including phenoxy) is 1. The largest absolute Gasteiger partial charge is 0.465 e. The molecule has 0 atom stereocenters. The maximum atomic E-state index is 11.6. The van der Waals surface area contributed by atoms with Crippen LogP contribution in [0, 0.1) is 0 Å². The van der Waals surface area contributed by atoms with Gasteiger partial charge in [0.25, 0.3) is 0 Å². The summed E-state index contributed by atoms with van der Waals surface area (Å²) < 4.78 is 4.67. The van der Waals surface area contributed by atoms with Crippen LogP contribution in [-0.4, -0.2) is 13.1 Å². The Balaban J connectivity index is 2.39. The van der Waals surface area contributed by atoms with Crippen LogP contribution in [0.5, 0.6) is 0 Å². The number of benzene rings is 2. The fourth-order valence-corrected chi connectivity index (χ4v) is 2.06. The van der Waals surface area contributed by atoms with Gasteiger partial charge in [-0.3, -0.25) is 0 Å². The summed E-state index contributed by atoms with van der Waals surface area (Å²) in [7, 11) is 1.30. The number of methoxy groups -OCH3 is 1. The van der Waals surface area contributed by atoms with Crippen LogP contribution in [0.15, 0.2) is 36.4 Å². The highest BCUT2D eigenvalue weighted by molar-refractivity contribution is 6.43. The zero-order valence-electron chi connectivity index (χ0n) is 10.6. The van der Waals surface area contributed by atoms with E-state index in [1.807, 2.05) is 0 Å². The van der Waals surface area contributed by atoms with Crippen LogP contribution in [-0.2, 0) is 4.74 Å². The number of carbonyl (C=O) groups is 1. The SMILES string of the molecule is COC(=O)c1cccc(Nc2cccc(Cl)c2Cl)c1N. The lowest BCUT2D eigenvalue weighted by Gasteiger charge is -2.13. The Bertz CT molecular complexity index is 660. The summed E-state index contributed by atoms with van der Waals surface area (Å²) in [5.41, 5.74) is 7.69. The van der Waals surface area contributed by atoms with Crippen LogP contribution in [0.4, 0.5) is 17.1 Å². The number of carbonyl (C=O) groups excluding carboxylic acids is 1. The van der Waals surface area contributed by atoms with E-state index < -0.39 is 5.97 Å². The number of nitrogens with one attached hydrogen (secondary N) is 1. The summed E-state index contributed by atoms with van der Waals surface area (Å²) in [5.74, 6) is -0.497. The van der Waals surface area contributed by atoms with Crippen molar-refractivity contribution in [1.82, 2.24) is 0 Å². The van der Waals surface area contributed by atoms with Crippen molar-refractivity contribution in [3.05, 3.63) is 52.0 Å². The molecule has 3 N–H and O–H groups in total. The molecule has 4 nitrogen and oxygen atoms in total. The minimum atomic E-state index is -0.497. The zero-order valence-corrected chi connectivity index (χ0v) is 12.1. The molecular weight excluding hydrogens is 299 g/mol. The molecule has 2 rings (SSSR count). The zero-order chi connectivity index (χ0) is 14.7. The molecule has 0 saturated heterocycles. The van der Waals surface area contributed by atoms with Crippen LogP contribution in [0.1, 0.15) is 10.4 Å². The van der Waals surface area contributed by atoms with Crippen molar-refractivity contribution in [2.24, 2.45) is 0 Å². The average molecular weight is 311 g/mol. The average Bonchev–Trinajstić information content (AvgIpc) is 2.45. The van der Waals surface area contributed by atoms with Gasteiger partial charge in [0.1, 0.15) is 0 Å². The smallest absolute Gasteiger partial charge is 0.340 e. The van der Waals surface area contributed by atoms with Crippen molar-refractivity contribution < 1.29 is 9.53 Å². The van der Waals surface area contributed by atoms with Gasteiger partial charge in [-0.15, -0.1) is 0 Å². The van der Waals surface area contributed by atoms with Crippen LogP contribution < -0.4 is 11.1 Å². The van der Waals surface area contributed by atoms with E-state index in [4.69, 9.17) is 28.9 Å². The molecule has 0 amide bonds. The van der Waals surface area contributed by atoms with Crippen LogP contribution in [0.25, 0.3) is 0 Å². The molecule has 0 saturated carbocycles. The van der Waals surface area contributed by atoms with Gasteiger partial charge in [-0.2, -0.15) is 0 Å². The molecule has 2 aromatic carbocycles. The number of para-hydroxylation sites is 1. The second-order valence-electron chi connectivity index (χ2n) is 3.98. The predicted octanol–water partition coefficient (Wildman–Crippen LogP) is 4.11. The molecule has 104 valence electrons. The summed E-state index contributed by atoms with van der Waals surface area (Å²) in [5, 5.41) is 3.87. The number of rotatable bonds is 3. The van der Waals surface area contributed by atoms with E-state index in [0.29, 0.717) is 21.4 Å². The molecular formula is C14H12Cl2N2O2. The van der Waals surface area contributed by atoms with E-state index in [1.165, 1.54) is 7.11 Å². The molecule has 2 aromatic rings. The fraction of sp³-hybridized carbons (Fsp3) is 0.0714. The quantitative estimate of drug-likeness (QED) is 0.661. The Morgan fingerprint density at radius 3 is 2.50 bits per heavy atom. The molecule has 0 aromatic heterocycles. The standard InChI is InChI=1S/C14H12Cl2N2O2/c1-20-14(19)8-4-2-7-11(13(8)17)18-10-6-3-5-9(15)12(10)16/h2-7,18H,17H2,1H3. The van der Waals surface area contributed by atoms with E-state index >= 15 is 0 Å². The topological polar surface area (TPSA) is 64.3 Å². The first-order chi connectivity index (χ1) is 9.54. The van der Waals surface area contributed by atoms with Crippen molar-refractivity contribution in [3.63, 3.8) is 0 Å². The number of esters is 1. The van der Waals surface area contributed by atoms with E-state index in [0.717, 1.165) is 0 Å². The third kappa shape index (κ3) is 2.81. The Hall–Kier alpha value is -1.91. The summed E-state index contributed by atoms with van der Waals surface area (Å²) in [4.78, 5) is 11.6. The van der Waals surface area contributed by atoms with Gasteiger partial charge in [0.05, 0.1) is 39.8 Å². The molecule has 20 heavy (non-hydrogen) atoms. The fourth-order valence-electron chi connectivity index (χ4n) is 1.71. The minimum absolute atomic E-state index is 0.287. The molecule has 0 heterocycles. The van der Waals surface area contributed by atoms with Crippen LogP contribution in [0.3, 0.4) is 0 Å². The van der Waals surface area contributed by atoms with E-state index in [1.54, 1.807) is 36.4 Å². The predicted molar refractivity (Wildman–Crippen MR) is 81.9 cm³/mol. The van der Waals surface area contributed by atoms with Gasteiger partial charge in [-0.05, 0) is 24.3 Å². The van der Waals surface area contributed by atoms with Gasteiger partial charge in [-0.25, -0.2) is 4.79 Å². The third-order valence-electron chi connectivity index (χ3n) is 2.73. The van der Waals surface area contributed by atoms with E-state index in [9.17, 15) is 4.79 Å². The van der Waals surface area contributed by atoms with Gasteiger partial charge < -0.3 is 15.8 Å². The molecule has 0 unspecified atom stereocenters.